The van der Waals surface area contributed by atoms with E-state index >= 15 is 0 Å². The summed E-state index contributed by atoms with van der Waals surface area (Å²) in [6.07, 6.45) is 1.68. The van der Waals surface area contributed by atoms with Gasteiger partial charge >= 0.3 is 0 Å². The first kappa shape index (κ1) is 17.9. The van der Waals surface area contributed by atoms with Gasteiger partial charge in [0.2, 0.25) is 10.0 Å². The van der Waals surface area contributed by atoms with E-state index in [0.717, 1.165) is 19.4 Å². The van der Waals surface area contributed by atoms with Gasteiger partial charge in [0.25, 0.3) is 0 Å². The minimum absolute atomic E-state index is 0.0594. The molecule has 0 radical (unpaired) electrons. The Bertz CT molecular complexity index is 544. The summed E-state index contributed by atoms with van der Waals surface area (Å²) in [5, 5.41) is 9.13. The molecule has 0 aliphatic heterocycles. The summed E-state index contributed by atoms with van der Waals surface area (Å²) in [7, 11) is 1.75. The van der Waals surface area contributed by atoms with Crippen molar-refractivity contribution >= 4 is 10.0 Å². The molecular weight excluding hydrogens is 292 g/mol. The molecule has 0 amide bonds. The van der Waals surface area contributed by atoms with Crippen molar-refractivity contribution in [2.75, 3.05) is 34.3 Å². The highest BCUT2D eigenvalue weighted by atomic mass is 32.2. The normalized spacial score (nSPS) is 11.9. The number of ether oxygens (including phenoxy) is 1. The van der Waals surface area contributed by atoms with Crippen LogP contribution in [0.5, 0.6) is 5.75 Å². The van der Waals surface area contributed by atoms with Gasteiger partial charge in [0, 0.05) is 6.54 Å². The van der Waals surface area contributed by atoms with Crippen LogP contribution in [0.2, 0.25) is 0 Å². The van der Waals surface area contributed by atoms with E-state index in [-0.39, 0.29) is 17.3 Å². The van der Waals surface area contributed by atoms with Crippen LogP contribution in [0.4, 0.5) is 0 Å². The predicted molar refractivity (Wildman–Crippen MR) is 81.9 cm³/mol. The zero-order chi connectivity index (χ0) is 15.9. The van der Waals surface area contributed by atoms with Crippen molar-refractivity contribution in [2.24, 2.45) is 0 Å². The molecule has 7 heteroatoms. The molecule has 0 aromatic heterocycles. The van der Waals surface area contributed by atoms with Crippen LogP contribution in [0, 0.1) is 0 Å². The van der Waals surface area contributed by atoms with Crippen molar-refractivity contribution in [3.63, 3.8) is 0 Å². The lowest BCUT2D eigenvalue weighted by Crippen LogP contribution is -2.26. The molecule has 0 aliphatic rings. The zero-order valence-electron chi connectivity index (χ0n) is 12.8. The molecule has 2 N–H and O–H groups in total. The molecule has 0 heterocycles. The molecular formula is C14H24N2O4S. The third kappa shape index (κ3) is 5.62. The van der Waals surface area contributed by atoms with E-state index in [1.54, 1.807) is 12.1 Å². The van der Waals surface area contributed by atoms with Gasteiger partial charge in [-0.2, -0.15) is 0 Å². The fraction of sp³-hybridized carbons (Fsp3) is 0.571. The summed E-state index contributed by atoms with van der Waals surface area (Å²) in [4.78, 5) is 2.12. The van der Waals surface area contributed by atoms with E-state index < -0.39 is 10.0 Å². The average Bonchev–Trinajstić information content (AvgIpc) is 2.45. The lowest BCUT2D eigenvalue weighted by molar-refractivity contribution is 0.281. The monoisotopic (exact) mass is 316 g/mol. The summed E-state index contributed by atoms with van der Waals surface area (Å²) in [6, 6.07) is 4.61. The number of sulfonamides is 1. The first-order valence-electron chi connectivity index (χ1n) is 6.83. The molecule has 0 spiro atoms. The van der Waals surface area contributed by atoms with Crippen LogP contribution < -0.4 is 9.46 Å². The number of hydrogen-bond acceptors (Lipinski definition) is 5. The fourth-order valence-corrected chi connectivity index (χ4v) is 3.16. The topological polar surface area (TPSA) is 78.9 Å². The molecule has 0 saturated carbocycles. The Balaban J connectivity index is 2.73. The molecule has 1 aromatic rings. The van der Waals surface area contributed by atoms with Gasteiger partial charge in [-0.05, 0) is 51.2 Å². The summed E-state index contributed by atoms with van der Waals surface area (Å²) in [5.41, 5.74) is 0.531. The van der Waals surface area contributed by atoms with Gasteiger partial charge in [0.15, 0.2) is 0 Å². The molecule has 120 valence electrons. The van der Waals surface area contributed by atoms with Crippen LogP contribution in [0.1, 0.15) is 18.4 Å². The quantitative estimate of drug-likeness (QED) is 0.659. The SMILES string of the molecule is COc1ccc(CO)cc1S(=O)(=O)NCCCCN(C)C. The van der Waals surface area contributed by atoms with Gasteiger partial charge in [-0.15, -0.1) is 0 Å². The van der Waals surface area contributed by atoms with Crippen molar-refractivity contribution in [3.05, 3.63) is 23.8 Å². The number of nitrogens with zero attached hydrogens (tertiary/aromatic N) is 1. The number of benzene rings is 1. The number of methoxy groups -OCH3 is 1. The molecule has 0 aliphatic carbocycles. The van der Waals surface area contributed by atoms with E-state index in [9.17, 15) is 8.42 Å². The summed E-state index contributed by atoms with van der Waals surface area (Å²) in [6.45, 7) is 1.09. The van der Waals surface area contributed by atoms with Gasteiger partial charge in [0.1, 0.15) is 10.6 Å². The average molecular weight is 316 g/mol. The Kier molecular flexibility index (Phi) is 7.10. The Labute approximate surface area is 126 Å². The highest BCUT2D eigenvalue weighted by Gasteiger charge is 2.19. The molecule has 0 saturated heterocycles. The van der Waals surface area contributed by atoms with Crippen molar-refractivity contribution in [3.8, 4) is 5.75 Å². The lowest BCUT2D eigenvalue weighted by atomic mass is 10.2. The summed E-state index contributed by atoms with van der Waals surface area (Å²) < 4.78 is 32.2. The number of nitrogens with one attached hydrogen (secondary N) is 1. The van der Waals surface area contributed by atoms with Crippen molar-refractivity contribution in [1.82, 2.24) is 9.62 Å². The van der Waals surface area contributed by atoms with Gasteiger partial charge in [-0.3, -0.25) is 0 Å². The van der Waals surface area contributed by atoms with Crippen molar-refractivity contribution in [2.45, 2.75) is 24.3 Å². The van der Waals surface area contributed by atoms with Crippen LogP contribution in [-0.4, -0.2) is 52.7 Å². The Morgan fingerprint density at radius 2 is 2.00 bits per heavy atom. The highest BCUT2D eigenvalue weighted by molar-refractivity contribution is 7.89. The Hall–Kier alpha value is -1.15. The van der Waals surface area contributed by atoms with E-state index in [4.69, 9.17) is 9.84 Å². The first-order chi connectivity index (χ1) is 9.90. The summed E-state index contributed by atoms with van der Waals surface area (Å²) in [5.74, 6) is 0.271. The minimum atomic E-state index is -3.64. The van der Waals surface area contributed by atoms with E-state index in [0.29, 0.717) is 12.1 Å². The number of aliphatic hydroxyl groups excluding tert-OH is 1. The molecule has 6 nitrogen and oxygen atoms in total. The smallest absolute Gasteiger partial charge is 0.244 e. The molecule has 1 rings (SSSR count). The first-order valence-corrected chi connectivity index (χ1v) is 8.31. The van der Waals surface area contributed by atoms with Gasteiger partial charge in [-0.25, -0.2) is 13.1 Å². The van der Waals surface area contributed by atoms with Gasteiger partial charge < -0.3 is 14.7 Å². The second-order valence-electron chi connectivity index (χ2n) is 5.05. The zero-order valence-corrected chi connectivity index (χ0v) is 13.6. The minimum Gasteiger partial charge on any atom is -0.495 e. The number of unbranched alkanes of at least 4 members (excludes halogenated alkanes) is 1. The number of rotatable bonds is 9. The highest BCUT2D eigenvalue weighted by Crippen LogP contribution is 2.24. The second kappa shape index (κ2) is 8.33. The van der Waals surface area contributed by atoms with Crippen LogP contribution in [-0.2, 0) is 16.6 Å². The molecule has 0 fully saturated rings. The van der Waals surface area contributed by atoms with Crippen molar-refractivity contribution in [1.29, 1.82) is 0 Å². The van der Waals surface area contributed by atoms with E-state index in [1.165, 1.54) is 13.2 Å². The Morgan fingerprint density at radius 3 is 2.57 bits per heavy atom. The number of aliphatic hydroxyl groups is 1. The van der Waals surface area contributed by atoms with Crippen LogP contribution in [0.25, 0.3) is 0 Å². The van der Waals surface area contributed by atoms with Crippen LogP contribution in [0.3, 0.4) is 0 Å². The fourth-order valence-electron chi connectivity index (χ4n) is 1.87. The third-order valence-electron chi connectivity index (χ3n) is 3.02. The maximum atomic E-state index is 12.3. The number of hydrogen-bond donors (Lipinski definition) is 2. The molecule has 0 bridgehead atoms. The van der Waals surface area contributed by atoms with Crippen molar-refractivity contribution < 1.29 is 18.3 Å². The largest absolute Gasteiger partial charge is 0.495 e. The maximum absolute atomic E-state index is 12.3. The maximum Gasteiger partial charge on any atom is 0.244 e. The van der Waals surface area contributed by atoms with Gasteiger partial charge in [-0.1, -0.05) is 6.07 Å². The molecule has 0 unspecified atom stereocenters. The third-order valence-corrected chi connectivity index (χ3v) is 4.51. The standard InChI is InChI=1S/C14H24N2O4S/c1-16(2)9-5-4-8-15-21(18,19)14-10-12(11-17)6-7-13(14)20-3/h6-7,10,15,17H,4-5,8-9,11H2,1-3H3. The summed E-state index contributed by atoms with van der Waals surface area (Å²) >= 11 is 0. The Morgan fingerprint density at radius 1 is 1.29 bits per heavy atom. The second-order valence-corrected chi connectivity index (χ2v) is 6.79. The molecule has 21 heavy (non-hydrogen) atoms. The van der Waals surface area contributed by atoms with E-state index in [1.807, 2.05) is 14.1 Å². The molecule has 0 atom stereocenters. The van der Waals surface area contributed by atoms with Crippen LogP contribution in [0.15, 0.2) is 23.1 Å². The predicted octanol–water partition coefficient (Wildman–Crippen LogP) is 0.808. The molecule has 1 aromatic carbocycles. The van der Waals surface area contributed by atoms with Crippen LogP contribution >= 0.6 is 0 Å². The van der Waals surface area contributed by atoms with Gasteiger partial charge in [0.05, 0.1) is 13.7 Å². The van der Waals surface area contributed by atoms with E-state index in [2.05, 4.69) is 9.62 Å². The lowest BCUT2D eigenvalue weighted by Gasteiger charge is -2.12.